The smallest absolute Gasteiger partial charge is 0.161 e. The zero-order chi connectivity index (χ0) is 14.4. The van der Waals surface area contributed by atoms with Crippen LogP contribution >= 0.6 is 0 Å². The summed E-state index contributed by atoms with van der Waals surface area (Å²) in [6, 6.07) is 5.94. The molecule has 1 aliphatic rings. The lowest BCUT2D eigenvalue weighted by molar-refractivity contribution is 0.0305. The summed E-state index contributed by atoms with van der Waals surface area (Å²) in [6.07, 6.45) is 4.60. The van der Waals surface area contributed by atoms with Crippen molar-refractivity contribution in [1.29, 1.82) is 0 Å². The van der Waals surface area contributed by atoms with Gasteiger partial charge in [0.25, 0.3) is 0 Å². The van der Waals surface area contributed by atoms with Gasteiger partial charge in [-0.3, -0.25) is 0 Å². The van der Waals surface area contributed by atoms with E-state index in [0.717, 1.165) is 49.3 Å². The van der Waals surface area contributed by atoms with Gasteiger partial charge in [-0.15, -0.1) is 0 Å². The van der Waals surface area contributed by atoms with Crippen molar-refractivity contribution in [3.63, 3.8) is 0 Å². The van der Waals surface area contributed by atoms with Gasteiger partial charge in [-0.25, -0.2) is 0 Å². The van der Waals surface area contributed by atoms with Gasteiger partial charge in [-0.2, -0.15) is 0 Å². The van der Waals surface area contributed by atoms with Crippen molar-refractivity contribution in [3.8, 4) is 11.5 Å². The second-order valence-corrected chi connectivity index (χ2v) is 5.38. The van der Waals surface area contributed by atoms with Gasteiger partial charge < -0.3 is 19.9 Å². The SMILES string of the molecule is CNCc1ccc(OC2CCCCCC2O)c(OC)c1. The summed E-state index contributed by atoms with van der Waals surface area (Å²) in [5.41, 5.74) is 1.15. The standard InChI is InChI=1S/C16H25NO3/c1-17-11-12-8-9-15(16(10-12)19-2)20-14-7-5-3-4-6-13(14)18/h8-10,13-14,17-18H,3-7,11H2,1-2H3. The van der Waals surface area contributed by atoms with Crippen LogP contribution in [0.5, 0.6) is 11.5 Å². The van der Waals surface area contributed by atoms with E-state index in [1.54, 1.807) is 7.11 Å². The Hall–Kier alpha value is -1.26. The molecule has 0 bridgehead atoms. The number of ether oxygens (including phenoxy) is 2. The molecule has 0 aliphatic heterocycles. The first-order valence-corrected chi connectivity index (χ1v) is 7.41. The third-order valence-electron chi connectivity index (χ3n) is 3.80. The molecule has 0 radical (unpaired) electrons. The predicted molar refractivity (Wildman–Crippen MR) is 79.3 cm³/mol. The maximum Gasteiger partial charge on any atom is 0.161 e. The quantitative estimate of drug-likeness (QED) is 0.813. The van der Waals surface area contributed by atoms with Gasteiger partial charge in [0.15, 0.2) is 11.5 Å². The van der Waals surface area contributed by atoms with E-state index in [0.29, 0.717) is 0 Å². The minimum Gasteiger partial charge on any atom is -0.493 e. The van der Waals surface area contributed by atoms with Crippen LogP contribution in [0.15, 0.2) is 18.2 Å². The van der Waals surface area contributed by atoms with Crippen LogP contribution < -0.4 is 14.8 Å². The summed E-state index contributed by atoms with van der Waals surface area (Å²) >= 11 is 0. The molecule has 0 saturated heterocycles. The van der Waals surface area contributed by atoms with E-state index in [9.17, 15) is 5.11 Å². The monoisotopic (exact) mass is 279 g/mol. The number of benzene rings is 1. The van der Waals surface area contributed by atoms with Gasteiger partial charge in [-0.05, 0) is 44.0 Å². The Morgan fingerprint density at radius 3 is 2.75 bits per heavy atom. The first-order chi connectivity index (χ1) is 9.74. The Morgan fingerprint density at radius 1 is 1.20 bits per heavy atom. The zero-order valence-electron chi connectivity index (χ0n) is 12.4. The van der Waals surface area contributed by atoms with Gasteiger partial charge in [0, 0.05) is 6.54 Å². The van der Waals surface area contributed by atoms with Crippen LogP contribution in [0.2, 0.25) is 0 Å². The number of aliphatic hydroxyl groups is 1. The van der Waals surface area contributed by atoms with Gasteiger partial charge in [-0.1, -0.05) is 18.9 Å². The fraction of sp³-hybridized carbons (Fsp3) is 0.625. The van der Waals surface area contributed by atoms with E-state index in [1.807, 2.05) is 25.2 Å². The molecule has 0 spiro atoms. The molecule has 0 heterocycles. The maximum absolute atomic E-state index is 10.1. The highest BCUT2D eigenvalue weighted by Gasteiger charge is 2.24. The van der Waals surface area contributed by atoms with Gasteiger partial charge >= 0.3 is 0 Å². The Morgan fingerprint density at radius 2 is 2.00 bits per heavy atom. The minimum atomic E-state index is -0.376. The Bertz CT molecular complexity index is 422. The van der Waals surface area contributed by atoms with E-state index in [1.165, 1.54) is 6.42 Å². The lowest BCUT2D eigenvalue weighted by Crippen LogP contribution is -2.30. The number of rotatable bonds is 5. The van der Waals surface area contributed by atoms with E-state index in [-0.39, 0.29) is 12.2 Å². The fourth-order valence-electron chi connectivity index (χ4n) is 2.68. The van der Waals surface area contributed by atoms with Crippen LogP contribution in [0.3, 0.4) is 0 Å². The summed E-state index contributed by atoms with van der Waals surface area (Å²) in [7, 11) is 3.56. The Labute approximate surface area is 121 Å². The van der Waals surface area contributed by atoms with E-state index < -0.39 is 0 Å². The number of hydrogen-bond acceptors (Lipinski definition) is 4. The van der Waals surface area contributed by atoms with Crippen molar-refractivity contribution in [2.75, 3.05) is 14.2 Å². The molecule has 2 N–H and O–H groups in total. The third-order valence-corrected chi connectivity index (χ3v) is 3.80. The second kappa shape index (κ2) is 7.50. The average Bonchev–Trinajstić information content (AvgIpc) is 2.66. The third kappa shape index (κ3) is 3.87. The molecule has 1 aromatic carbocycles. The number of hydrogen-bond donors (Lipinski definition) is 2. The normalized spacial score (nSPS) is 23.1. The van der Waals surface area contributed by atoms with Crippen LogP contribution in [-0.4, -0.2) is 31.5 Å². The van der Waals surface area contributed by atoms with Crippen LogP contribution in [-0.2, 0) is 6.54 Å². The molecule has 2 unspecified atom stereocenters. The molecule has 4 heteroatoms. The minimum absolute atomic E-state index is 0.124. The maximum atomic E-state index is 10.1. The van der Waals surface area contributed by atoms with Crippen molar-refractivity contribution in [2.24, 2.45) is 0 Å². The molecule has 0 aromatic heterocycles. The lowest BCUT2D eigenvalue weighted by Gasteiger charge is -2.23. The molecule has 112 valence electrons. The average molecular weight is 279 g/mol. The molecular formula is C16H25NO3. The molecule has 1 saturated carbocycles. The molecule has 0 amide bonds. The highest BCUT2D eigenvalue weighted by atomic mass is 16.5. The fourth-order valence-corrected chi connectivity index (χ4v) is 2.68. The molecule has 1 aromatic rings. The molecule has 2 rings (SSSR count). The van der Waals surface area contributed by atoms with Crippen molar-refractivity contribution in [2.45, 2.75) is 50.9 Å². The van der Waals surface area contributed by atoms with Crippen molar-refractivity contribution < 1.29 is 14.6 Å². The van der Waals surface area contributed by atoms with Crippen molar-refractivity contribution >= 4 is 0 Å². The van der Waals surface area contributed by atoms with Crippen LogP contribution in [0, 0.1) is 0 Å². The van der Waals surface area contributed by atoms with Gasteiger partial charge in [0.2, 0.25) is 0 Å². The highest BCUT2D eigenvalue weighted by Crippen LogP contribution is 2.31. The second-order valence-electron chi connectivity index (χ2n) is 5.38. The molecule has 1 fully saturated rings. The Kier molecular flexibility index (Phi) is 5.68. The number of methoxy groups -OCH3 is 1. The summed E-state index contributed by atoms with van der Waals surface area (Å²) in [5, 5.41) is 13.3. The lowest BCUT2D eigenvalue weighted by atomic mass is 10.1. The molecular weight excluding hydrogens is 254 g/mol. The van der Waals surface area contributed by atoms with Crippen LogP contribution in [0.1, 0.15) is 37.7 Å². The van der Waals surface area contributed by atoms with E-state index in [4.69, 9.17) is 9.47 Å². The number of aliphatic hydroxyl groups excluding tert-OH is 1. The molecule has 4 nitrogen and oxygen atoms in total. The van der Waals surface area contributed by atoms with Crippen LogP contribution in [0.4, 0.5) is 0 Å². The first-order valence-electron chi connectivity index (χ1n) is 7.41. The van der Waals surface area contributed by atoms with Crippen molar-refractivity contribution in [1.82, 2.24) is 5.32 Å². The van der Waals surface area contributed by atoms with Gasteiger partial charge in [0.05, 0.1) is 13.2 Å². The summed E-state index contributed by atoms with van der Waals surface area (Å²) in [4.78, 5) is 0. The van der Waals surface area contributed by atoms with Crippen molar-refractivity contribution in [3.05, 3.63) is 23.8 Å². The zero-order valence-corrected chi connectivity index (χ0v) is 12.4. The summed E-state index contributed by atoms with van der Waals surface area (Å²) < 4.78 is 11.4. The first kappa shape index (κ1) is 15.1. The van der Waals surface area contributed by atoms with Crippen LogP contribution in [0.25, 0.3) is 0 Å². The largest absolute Gasteiger partial charge is 0.493 e. The van der Waals surface area contributed by atoms with E-state index in [2.05, 4.69) is 5.32 Å². The molecule has 1 aliphatic carbocycles. The summed E-state index contributed by atoms with van der Waals surface area (Å²) in [5.74, 6) is 1.45. The Balaban J connectivity index is 2.10. The molecule has 20 heavy (non-hydrogen) atoms. The highest BCUT2D eigenvalue weighted by molar-refractivity contribution is 5.43. The predicted octanol–water partition coefficient (Wildman–Crippen LogP) is 2.49. The molecule has 2 atom stereocenters. The summed E-state index contributed by atoms with van der Waals surface area (Å²) in [6.45, 7) is 0.794. The van der Waals surface area contributed by atoms with Gasteiger partial charge in [0.1, 0.15) is 6.10 Å². The topological polar surface area (TPSA) is 50.7 Å². The number of nitrogens with one attached hydrogen (secondary N) is 1. The van der Waals surface area contributed by atoms with E-state index >= 15 is 0 Å².